The van der Waals surface area contributed by atoms with Crippen LogP contribution in [0.5, 0.6) is 17.2 Å². The molecule has 0 aliphatic carbocycles. The van der Waals surface area contributed by atoms with Crippen LogP contribution in [0, 0.1) is 0 Å². The maximum absolute atomic E-state index is 13.2. The monoisotopic (exact) mass is 350 g/mol. The molecule has 0 aliphatic heterocycles. The molecular formula is C12H9F7O4. The van der Waals surface area contributed by atoms with Gasteiger partial charge in [0.15, 0.2) is 11.5 Å². The number of hydrogen-bond donors (Lipinski definition) is 0. The van der Waals surface area contributed by atoms with Gasteiger partial charge < -0.3 is 14.2 Å². The molecule has 11 heteroatoms. The van der Waals surface area contributed by atoms with Crippen molar-refractivity contribution in [3.8, 4) is 17.2 Å². The van der Waals surface area contributed by atoms with Gasteiger partial charge in [-0.1, -0.05) is 6.07 Å². The van der Waals surface area contributed by atoms with E-state index in [4.69, 9.17) is 0 Å². The van der Waals surface area contributed by atoms with Crippen LogP contribution in [0.25, 0.3) is 0 Å². The zero-order valence-corrected chi connectivity index (χ0v) is 11.5. The third kappa shape index (κ3) is 3.27. The summed E-state index contributed by atoms with van der Waals surface area (Å²) in [5.74, 6) is -17.5. The predicted octanol–water partition coefficient (Wildman–Crippen LogP) is 3.44. The van der Waals surface area contributed by atoms with E-state index < -0.39 is 29.7 Å². The number of para-hydroxylation sites is 1. The van der Waals surface area contributed by atoms with Crippen LogP contribution in [0.4, 0.5) is 30.7 Å². The van der Waals surface area contributed by atoms with Crippen LogP contribution in [-0.4, -0.2) is 38.2 Å². The third-order valence-corrected chi connectivity index (χ3v) is 2.58. The van der Waals surface area contributed by atoms with Crippen molar-refractivity contribution in [2.24, 2.45) is 0 Å². The molecule has 0 aliphatic rings. The lowest BCUT2D eigenvalue weighted by Crippen LogP contribution is -2.57. The van der Waals surface area contributed by atoms with Crippen molar-refractivity contribution in [3.63, 3.8) is 0 Å². The standard InChI is InChI=1S/C12H9F7O4/c1-21-6-4-3-5-7(22-2)8(6)23-9(20)10(13,14)11(15,16)12(17,18)19/h3-5H,1-2H3. The first-order valence-corrected chi connectivity index (χ1v) is 5.65. The Morgan fingerprint density at radius 1 is 0.913 bits per heavy atom. The van der Waals surface area contributed by atoms with Gasteiger partial charge in [0.1, 0.15) is 0 Å². The second-order valence-corrected chi connectivity index (χ2v) is 4.03. The average molecular weight is 350 g/mol. The van der Waals surface area contributed by atoms with E-state index in [9.17, 15) is 35.5 Å². The summed E-state index contributed by atoms with van der Waals surface area (Å²) in [7, 11) is 2.04. The van der Waals surface area contributed by atoms with E-state index in [-0.39, 0.29) is 11.5 Å². The van der Waals surface area contributed by atoms with Crippen LogP contribution in [0.1, 0.15) is 0 Å². The van der Waals surface area contributed by atoms with Crippen molar-refractivity contribution in [1.82, 2.24) is 0 Å². The molecule has 1 aromatic rings. The van der Waals surface area contributed by atoms with Crippen LogP contribution < -0.4 is 14.2 Å². The van der Waals surface area contributed by atoms with Gasteiger partial charge in [0.05, 0.1) is 14.2 Å². The molecule has 23 heavy (non-hydrogen) atoms. The number of hydrogen-bond acceptors (Lipinski definition) is 4. The van der Waals surface area contributed by atoms with Crippen molar-refractivity contribution in [2.45, 2.75) is 18.0 Å². The topological polar surface area (TPSA) is 44.8 Å². The minimum absolute atomic E-state index is 0.385. The van der Waals surface area contributed by atoms with E-state index in [1.807, 2.05) is 0 Å². The number of halogens is 7. The second kappa shape index (κ2) is 6.13. The minimum Gasteiger partial charge on any atom is -0.493 e. The van der Waals surface area contributed by atoms with E-state index in [0.29, 0.717) is 0 Å². The fraction of sp³-hybridized carbons (Fsp3) is 0.417. The lowest BCUT2D eigenvalue weighted by molar-refractivity contribution is -0.346. The first-order chi connectivity index (χ1) is 10.4. The van der Waals surface area contributed by atoms with Crippen molar-refractivity contribution >= 4 is 5.97 Å². The zero-order chi connectivity index (χ0) is 18.1. The summed E-state index contributed by atoms with van der Waals surface area (Å²) in [5, 5.41) is 0. The Morgan fingerprint density at radius 3 is 1.70 bits per heavy atom. The Kier molecular flexibility index (Phi) is 5.02. The number of esters is 1. The first kappa shape index (κ1) is 18.8. The second-order valence-electron chi connectivity index (χ2n) is 4.03. The molecule has 1 aromatic carbocycles. The number of alkyl halides is 7. The molecule has 0 atom stereocenters. The molecule has 0 fully saturated rings. The molecule has 0 bridgehead atoms. The number of carbonyl (C=O) groups excluding carboxylic acids is 1. The summed E-state index contributed by atoms with van der Waals surface area (Å²) in [6.45, 7) is 0. The summed E-state index contributed by atoms with van der Waals surface area (Å²) >= 11 is 0. The average Bonchev–Trinajstić information content (AvgIpc) is 2.45. The van der Waals surface area contributed by atoms with Crippen LogP contribution in [0.3, 0.4) is 0 Å². The maximum atomic E-state index is 13.2. The molecule has 1 rings (SSSR count). The highest BCUT2D eigenvalue weighted by atomic mass is 19.4. The van der Waals surface area contributed by atoms with Crippen molar-refractivity contribution < 1.29 is 49.7 Å². The van der Waals surface area contributed by atoms with E-state index in [1.54, 1.807) is 0 Å². The van der Waals surface area contributed by atoms with Gasteiger partial charge in [-0.05, 0) is 12.1 Å². The predicted molar refractivity (Wildman–Crippen MR) is 61.1 cm³/mol. The first-order valence-electron chi connectivity index (χ1n) is 5.65. The molecule has 130 valence electrons. The minimum atomic E-state index is -6.65. The van der Waals surface area contributed by atoms with Crippen LogP contribution in [-0.2, 0) is 4.79 Å². The van der Waals surface area contributed by atoms with Gasteiger partial charge in [0.25, 0.3) is 0 Å². The Bertz CT molecular complexity index is 561. The lowest BCUT2D eigenvalue weighted by atomic mass is 10.1. The third-order valence-electron chi connectivity index (χ3n) is 2.58. The molecule has 0 aromatic heterocycles. The highest BCUT2D eigenvalue weighted by Crippen LogP contribution is 2.48. The summed E-state index contributed by atoms with van der Waals surface area (Å²) in [6.07, 6.45) is -6.65. The number of ether oxygens (including phenoxy) is 3. The van der Waals surface area contributed by atoms with Crippen LogP contribution >= 0.6 is 0 Å². The molecule has 0 spiro atoms. The number of rotatable bonds is 5. The van der Waals surface area contributed by atoms with Gasteiger partial charge >= 0.3 is 24.0 Å². The molecule has 0 saturated carbocycles. The van der Waals surface area contributed by atoms with E-state index in [1.165, 1.54) is 6.07 Å². The zero-order valence-electron chi connectivity index (χ0n) is 11.5. The highest BCUT2D eigenvalue weighted by molar-refractivity contribution is 5.82. The van der Waals surface area contributed by atoms with Gasteiger partial charge in [-0.15, -0.1) is 0 Å². The fourth-order valence-corrected chi connectivity index (χ4v) is 1.38. The molecule has 0 unspecified atom stereocenters. The molecule has 0 N–H and O–H groups in total. The summed E-state index contributed by atoms with van der Waals surface area (Å²) in [6, 6.07) is 3.45. The normalized spacial score (nSPS) is 12.7. The molecule has 0 saturated heterocycles. The molecule has 4 nitrogen and oxygen atoms in total. The smallest absolute Gasteiger partial charge is 0.460 e. The van der Waals surface area contributed by atoms with Crippen molar-refractivity contribution in [3.05, 3.63) is 18.2 Å². The van der Waals surface area contributed by atoms with Gasteiger partial charge in [-0.25, -0.2) is 4.79 Å². The van der Waals surface area contributed by atoms with Gasteiger partial charge in [0.2, 0.25) is 5.75 Å². The molecular weight excluding hydrogens is 341 g/mol. The molecule has 0 heterocycles. The number of methoxy groups -OCH3 is 2. The number of benzene rings is 1. The molecule has 0 radical (unpaired) electrons. The van der Waals surface area contributed by atoms with Crippen molar-refractivity contribution in [2.75, 3.05) is 14.2 Å². The Hall–Kier alpha value is -2.20. The fourth-order valence-electron chi connectivity index (χ4n) is 1.38. The van der Waals surface area contributed by atoms with Crippen molar-refractivity contribution in [1.29, 1.82) is 0 Å². The van der Waals surface area contributed by atoms with Crippen LogP contribution in [0.15, 0.2) is 18.2 Å². The van der Waals surface area contributed by atoms with Gasteiger partial charge in [0, 0.05) is 0 Å². The van der Waals surface area contributed by atoms with Gasteiger partial charge in [-0.2, -0.15) is 30.7 Å². The van der Waals surface area contributed by atoms with E-state index in [0.717, 1.165) is 26.4 Å². The maximum Gasteiger partial charge on any atom is 0.460 e. The van der Waals surface area contributed by atoms with E-state index in [2.05, 4.69) is 14.2 Å². The quantitative estimate of drug-likeness (QED) is 0.464. The Balaban J connectivity index is 3.23. The lowest BCUT2D eigenvalue weighted by Gasteiger charge is -2.26. The van der Waals surface area contributed by atoms with Crippen LogP contribution in [0.2, 0.25) is 0 Å². The molecule has 0 amide bonds. The summed E-state index contributed by atoms with van der Waals surface area (Å²) in [5.41, 5.74) is 0. The highest BCUT2D eigenvalue weighted by Gasteiger charge is 2.77. The Morgan fingerprint density at radius 2 is 1.35 bits per heavy atom. The Labute approximate surface area is 124 Å². The SMILES string of the molecule is COc1cccc(OC)c1OC(=O)C(F)(F)C(F)(F)C(F)(F)F. The summed E-state index contributed by atoms with van der Waals surface area (Å²) < 4.78 is 101. The van der Waals surface area contributed by atoms with Gasteiger partial charge in [-0.3, -0.25) is 0 Å². The number of carbonyl (C=O) groups is 1. The summed E-state index contributed by atoms with van der Waals surface area (Å²) in [4.78, 5) is 11.2. The largest absolute Gasteiger partial charge is 0.493 e. The van der Waals surface area contributed by atoms with E-state index >= 15 is 0 Å².